The van der Waals surface area contributed by atoms with Gasteiger partial charge >= 0.3 is 0 Å². The third kappa shape index (κ3) is 2.36. The van der Waals surface area contributed by atoms with E-state index < -0.39 is 5.54 Å². The SMILES string of the molecule is CC1CCC(N2C(=O)C3(CCCC3)NC(=O)C2C(C)C)C1. The van der Waals surface area contributed by atoms with E-state index in [9.17, 15) is 9.59 Å². The van der Waals surface area contributed by atoms with Crippen LogP contribution in [0.1, 0.15) is 65.7 Å². The normalized spacial score (nSPS) is 35.8. The Morgan fingerprint density at radius 3 is 2.38 bits per heavy atom. The molecular weight excluding hydrogens is 264 g/mol. The fourth-order valence-corrected chi connectivity index (χ4v) is 4.63. The Labute approximate surface area is 127 Å². The fraction of sp³-hybridized carbons (Fsp3) is 0.882. The lowest BCUT2D eigenvalue weighted by Gasteiger charge is -2.48. The van der Waals surface area contributed by atoms with E-state index in [2.05, 4.69) is 26.1 Å². The highest BCUT2D eigenvalue weighted by Crippen LogP contribution is 2.40. The summed E-state index contributed by atoms with van der Waals surface area (Å²) in [4.78, 5) is 27.9. The number of amides is 2. The van der Waals surface area contributed by atoms with Crippen LogP contribution in [-0.4, -0.2) is 34.3 Å². The van der Waals surface area contributed by atoms with Gasteiger partial charge in [-0.25, -0.2) is 0 Å². The summed E-state index contributed by atoms with van der Waals surface area (Å²) in [5, 5.41) is 3.11. The molecule has 1 aliphatic heterocycles. The average Bonchev–Trinajstić information content (AvgIpc) is 3.03. The summed E-state index contributed by atoms with van der Waals surface area (Å²) in [6.07, 6.45) is 7.02. The first kappa shape index (κ1) is 14.9. The minimum Gasteiger partial charge on any atom is -0.340 e. The van der Waals surface area contributed by atoms with Gasteiger partial charge in [-0.15, -0.1) is 0 Å². The summed E-state index contributed by atoms with van der Waals surface area (Å²) in [6, 6.07) is -0.0116. The summed E-state index contributed by atoms with van der Waals surface area (Å²) in [5.41, 5.74) is -0.575. The second-order valence-corrected chi connectivity index (χ2v) is 7.75. The number of hydrogen-bond donors (Lipinski definition) is 1. The first-order valence-electron chi connectivity index (χ1n) is 8.59. The molecular formula is C17H28N2O2. The summed E-state index contributed by atoms with van der Waals surface area (Å²) in [6.45, 7) is 6.36. The van der Waals surface area contributed by atoms with Gasteiger partial charge in [0.2, 0.25) is 11.8 Å². The van der Waals surface area contributed by atoms with Gasteiger partial charge in [0.25, 0.3) is 0 Å². The molecule has 1 N–H and O–H groups in total. The summed E-state index contributed by atoms with van der Waals surface area (Å²) in [5.74, 6) is 1.12. The van der Waals surface area contributed by atoms with Crippen LogP contribution in [0, 0.1) is 11.8 Å². The molecule has 1 heterocycles. The zero-order valence-electron chi connectivity index (χ0n) is 13.5. The zero-order chi connectivity index (χ0) is 15.2. The highest BCUT2D eigenvalue weighted by atomic mass is 16.2. The fourth-order valence-electron chi connectivity index (χ4n) is 4.63. The molecule has 0 bridgehead atoms. The predicted molar refractivity (Wildman–Crippen MR) is 81.6 cm³/mol. The van der Waals surface area contributed by atoms with Crippen molar-refractivity contribution in [2.24, 2.45) is 11.8 Å². The Bertz CT molecular complexity index is 440. The minimum atomic E-state index is -0.575. The third-order valence-corrected chi connectivity index (χ3v) is 5.72. The number of piperazine rings is 1. The van der Waals surface area contributed by atoms with Gasteiger partial charge in [-0.1, -0.05) is 33.6 Å². The molecule has 3 unspecified atom stereocenters. The van der Waals surface area contributed by atoms with Gasteiger partial charge < -0.3 is 10.2 Å². The van der Waals surface area contributed by atoms with E-state index in [4.69, 9.17) is 0 Å². The quantitative estimate of drug-likeness (QED) is 0.850. The highest BCUT2D eigenvalue weighted by molar-refractivity contribution is 6.00. The molecule has 0 aromatic rings. The summed E-state index contributed by atoms with van der Waals surface area (Å²) in [7, 11) is 0. The lowest BCUT2D eigenvalue weighted by Crippen LogP contribution is -2.72. The topological polar surface area (TPSA) is 49.4 Å². The van der Waals surface area contributed by atoms with Crippen molar-refractivity contribution in [1.29, 1.82) is 0 Å². The van der Waals surface area contributed by atoms with E-state index in [1.54, 1.807) is 0 Å². The maximum absolute atomic E-state index is 13.2. The van der Waals surface area contributed by atoms with Gasteiger partial charge in [0, 0.05) is 6.04 Å². The second kappa shape index (κ2) is 5.29. The largest absolute Gasteiger partial charge is 0.340 e. The lowest BCUT2D eigenvalue weighted by molar-refractivity contribution is -0.159. The molecule has 1 spiro atoms. The molecule has 21 heavy (non-hydrogen) atoms. The molecule has 0 aromatic carbocycles. The summed E-state index contributed by atoms with van der Waals surface area (Å²) < 4.78 is 0. The van der Waals surface area contributed by atoms with E-state index in [-0.39, 0.29) is 29.8 Å². The van der Waals surface area contributed by atoms with Crippen molar-refractivity contribution in [3.63, 3.8) is 0 Å². The van der Waals surface area contributed by atoms with Crippen molar-refractivity contribution in [2.75, 3.05) is 0 Å². The van der Waals surface area contributed by atoms with Crippen molar-refractivity contribution < 1.29 is 9.59 Å². The number of nitrogens with zero attached hydrogens (tertiary/aromatic N) is 1. The molecule has 2 amide bonds. The van der Waals surface area contributed by atoms with Gasteiger partial charge in [-0.05, 0) is 43.9 Å². The van der Waals surface area contributed by atoms with Crippen molar-refractivity contribution in [1.82, 2.24) is 10.2 Å². The van der Waals surface area contributed by atoms with Gasteiger partial charge in [0.15, 0.2) is 0 Å². The zero-order valence-corrected chi connectivity index (χ0v) is 13.5. The maximum Gasteiger partial charge on any atom is 0.249 e. The van der Waals surface area contributed by atoms with E-state index in [0.717, 1.165) is 38.5 Å². The van der Waals surface area contributed by atoms with Gasteiger partial charge in [0.05, 0.1) is 0 Å². The molecule has 3 fully saturated rings. The van der Waals surface area contributed by atoms with Crippen LogP contribution < -0.4 is 5.32 Å². The Morgan fingerprint density at radius 2 is 1.86 bits per heavy atom. The highest BCUT2D eigenvalue weighted by Gasteiger charge is 2.54. The van der Waals surface area contributed by atoms with Crippen LogP contribution >= 0.6 is 0 Å². The van der Waals surface area contributed by atoms with Crippen molar-refractivity contribution in [3.05, 3.63) is 0 Å². The van der Waals surface area contributed by atoms with E-state index in [1.165, 1.54) is 6.42 Å². The Hall–Kier alpha value is -1.06. The van der Waals surface area contributed by atoms with Crippen LogP contribution in [0.15, 0.2) is 0 Å². The smallest absolute Gasteiger partial charge is 0.249 e. The van der Waals surface area contributed by atoms with Crippen molar-refractivity contribution in [3.8, 4) is 0 Å². The number of rotatable bonds is 2. The van der Waals surface area contributed by atoms with E-state index in [1.807, 2.05) is 4.90 Å². The maximum atomic E-state index is 13.2. The lowest BCUT2D eigenvalue weighted by atomic mass is 9.86. The van der Waals surface area contributed by atoms with Crippen molar-refractivity contribution >= 4 is 11.8 Å². The number of hydrogen-bond acceptors (Lipinski definition) is 2. The number of nitrogens with one attached hydrogen (secondary N) is 1. The van der Waals surface area contributed by atoms with Crippen LogP contribution in [0.3, 0.4) is 0 Å². The minimum absolute atomic E-state index is 0.0750. The number of carbonyl (C=O) groups excluding carboxylic acids is 2. The monoisotopic (exact) mass is 292 g/mol. The van der Waals surface area contributed by atoms with Crippen molar-refractivity contribution in [2.45, 2.75) is 83.3 Å². The molecule has 0 aromatic heterocycles. The molecule has 3 rings (SSSR count). The van der Waals surface area contributed by atoms with E-state index in [0.29, 0.717) is 5.92 Å². The predicted octanol–water partition coefficient (Wildman–Crippen LogP) is 2.47. The molecule has 1 saturated heterocycles. The standard InChI is InChI=1S/C17H28N2O2/c1-11(2)14-15(20)18-17(8-4-5-9-17)16(21)19(14)13-7-6-12(3)10-13/h11-14H,4-10H2,1-3H3,(H,18,20). The summed E-state index contributed by atoms with van der Waals surface area (Å²) >= 11 is 0. The second-order valence-electron chi connectivity index (χ2n) is 7.75. The molecule has 4 heteroatoms. The molecule has 4 nitrogen and oxygen atoms in total. The molecule has 2 saturated carbocycles. The molecule has 3 atom stereocenters. The van der Waals surface area contributed by atoms with Crippen LogP contribution in [0.4, 0.5) is 0 Å². The Balaban J connectivity index is 1.93. The van der Waals surface area contributed by atoms with Crippen LogP contribution in [-0.2, 0) is 9.59 Å². The van der Waals surface area contributed by atoms with Crippen LogP contribution in [0.5, 0.6) is 0 Å². The van der Waals surface area contributed by atoms with Gasteiger partial charge in [-0.2, -0.15) is 0 Å². The van der Waals surface area contributed by atoms with E-state index >= 15 is 0 Å². The number of carbonyl (C=O) groups is 2. The molecule has 2 aliphatic carbocycles. The first-order valence-corrected chi connectivity index (χ1v) is 8.59. The van der Waals surface area contributed by atoms with Gasteiger partial charge in [0.1, 0.15) is 11.6 Å². The molecule has 0 radical (unpaired) electrons. The third-order valence-electron chi connectivity index (χ3n) is 5.72. The Kier molecular flexibility index (Phi) is 3.74. The van der Waals surface area contributed by atoms with Crippen LogP contribution in [0.25, 0.3) is 0 Å². The first-order chi connectivity index (χ1) is 9.94. The van der Waals surface area contributed by atoms with Crippen LogP contribution in [0.2, 0.25) is 0 Å². The molecule has 118 valence electrons. The average molecular weight is 292 g/mol. The molecule has 3 aliphatic rings. The van der Waals surface area contributed by atoms with Gasteiger partial charge in [-0.3, -0.25) is 9.59 Å². The Morgan fingerprint density at radius 1 is 1.19 bits per heavy atom.